The molecule has 0 atom stereocenters. The summed E-state index contributed by atoms with van der Waals surface area (Å²) in [5.41, 5.74) is -0.844. The van der Waals surface area contributed by atoms with Crippen LogP contribution in [-0.4, -0.2) is 6.54 Å². The van der Waals surface area contributed by atoms with Crippen molar-refractivity contribution < 1.29 is 17.6 Å². The molecule has 0 unspecified atom stereocenters. The molecule has 1 aromatic rings. The highest BCUT2D eigenvalue weighted by Crippen LogP contribution is 2.34. The summed E-state index contributed by atoms with van der Waals surface area (Å²) in [6.07, 6.45) is 0.773. The van der Waals surface area contributed by atoms with Crippen molar-refractivity contribution in [3.05, 3.63) is 41.9 Å². The number of benzene rings is 1. The van der Waals surface area contributed by atoms with Gasteiger partial charge >= 0.3 is 6.18 Å². The fraction of sp³-hybridized carbons (Fsp3) is 0.333. The van der Waals surface area contributed by atoms with Crippen LogP contribution < -0.4 is 4.90 Å². The lowest BCUT2D eigenvalue weighted by Gasteiger charge is -2.24. The van der Waals surface area contributed by atoms with Crippen LogP contribution in [0.1, 0.15) is 18.4 Å². The molecule has 0 N–H and O–H groups in total. The van der Waals surface area contributed by atoms with E-state index in [9.17, 15) is 17.6 Å². The molecule has 0 radical (unpaired) electrons. The Morgan fingerprint density at radius 2 is 1.94 bits per heavy atom. The highest BCUT2D eigenvalue weighted by Gasteiger charge is 2.34. The molecular formula is C12H11F4N. The van der Waals surface area contributed by atoms with Crippen LogP contribution in [-0.2, 0) is 6.18 Å². The van der Waals surface area contributed by atoms with E-state index in [0.29, 0.717) is 12.2 Å². The minimum Gasteiger partial charge on any atom is -0.348 e. The maximum atomic E-state index is 13.1. The van der Waals surface area contributed by atoms with Crippen LogP contribution in [0.3, 0.4) is 0 Å². The van der Waals surface area contributed by atoms with E-state index in [1.54, 1.807) is 11.1 Å². The Morgan fingerprint density at radius 3 is 2.53 bits per heavy atom. The Morgan fingerprint density at radius 1 is 1.18 bits per heavy atom. The monoisotopic (exact) mass is 245 g/mol. The van der Waals surface area contributed by atoms with E-state index >= 15 is 0 Å². The van der Waals surface area contributed by atoms with Crippen LogP contribution in [0.15, 0.2) is 30.5 Å². The summed E-state index contributed by atoms with van der Waals surface area (Å²) in [6.45, 7) is 0.652. The van der Waals surface area contributed by atoms with Crippen molar-refractivity contribution in [2.24, 2.45) is 0 Å². The molecule has 0 saturated carbocycles. The van der Waals surface area contributed by atoms with Gasteiger partial charge in [-0.05, 0) is 31.0 Å². The van der Waals surface area contributed by atoms with Gasteiger partial charge in [0.2, 0.25) is 0 Å². The number of halogens is 4. The Balaban J connectivity index is 2.37. The van der Waals surface area contributed by atoms with Gasteiger partial charge in [0, 0.05) is 18.4 Å². The molecule has 0 amide bonds. The van der Waals surface area contributed by atoms with E-state index in [1.165, 1.54) is 6.07 Å². The minimum absolute atomic E-state index is 0.370. The first kappa shape index (κ1) is 12.0. The predicted octanol–water partition coefficient (Wildman–Crippen LogP) is 3.96. The lowest BCUT2D eigenvalue weighted by Crippen LogP contribution is -2.21. The molecule has 1 heterocycles. The van der Waals surface area contributed by atoms with Crippen LogP contribution in [0.5, 0.6) is 0 Å². The van der Waals surface area contributed by atoms with Crippen molar-refractivity contribution in [1.29, 1.82) is 0 Å². The lowest BCUT2D eigenvalue weighted by molar-refractivity contribution is -0.139. The quantitative estimate of drug-likeness (QED) is 0.677. The van der Waals surface area contributed by atoms with E-state index in [-0.39, 0.29) is 0 Å². The highest BCUT2D eigenvalue weighted by atomic mass is 19.4. The first-order chi connectivity index (χ1) is 7.98. The average molecular weight is 245 g/mol. The Kier molecular flexibility index (Phi) is 3.09. The van der Waals surface area contributed by atoms with E-state index in [0.717, 1.165) is 25.0 Å². The summed E-state index contributed by atoms with van der Waals surface area (Å²) in [5.74, 6) is -1.23. The van der Waals surface area contributed by atoms with Gasteiger partial charge in [-0.3, -0.25) is 0 Å². The summed E-state index contributed by atoms with van der Waals surface area (Å²) in [4.78, 5) is 1.69. The van der Waals surface area contributed by atoms with Gasteiger partial charge < -0.3 is 4.90 Å². The number of allylic oxidation sites excluding steroid dienone is 1. The van der Waals surface area contributed by atoms with Crippen LogP contribution in [0.25, 0.3) is 0 Å². The zero-order chi connectivity index (χ0) is 12.5. The third-order valence-corrected chi connectivity index (χ3v) is 2.64. The molecule has 1 nitrogen and oxygen atoms in total. The second-order valence-electron chi connectivity index (χ2n) is 3.88. The molecule has 5 heteroatoms. The Bertz CT molecular complexity index is 437. The van der Waals surface area contributed by atoms with Gasteiger partial charge in [-0.2, -0.15) is 13.2 Å². The maximum absolute atomic E-state index is 13.1. The molecule has 0 spiro atoms. The third kappa shape index (κ3) is 2.60. The van der Waals surface area contributed by atoms with Gasteiger partial charge in [0.15, 0.2) is 0 Å². The van der Waals surface area contributed by atoms with Crippen molar-refractivity contribution >= 4 is 5.69 Å². The largest absolute Gasteiger partial charge is 0.419 e. The molecule has 92 valence electrons. The Hall–Kier alpha value is -1.52. The molecule has 0 aromatic heterocycles. The fourth-order valence-corrected chi connectivity index (χ4v) is 1.78. The van der Waals surface area contributed by atoms with Crippen molar-refractivity contribution in [1.82, 2.24) is 0 Å². The Labute approximate surface area is 96.3 Å². The molecule has 0 fully saturated rings. The molecule has 0 aliphatic carbocycles. The average Bonchev–Trinajstić information content (AvgIpc) is 2.29. The standard InChI is InChI=1S/C12H11F4N/c13-11-5-4-9(8-10(11)12(14,15)16)17-6-2-1-3-7-17/h2,4-6,8H,1,3,7H2. The van der Waals surface area contributed by atoms with Crippen LogP contribution in [0.4, 0.5) is 23.2 Å². The summed E-state index contributed by atoms with van der Waals surface area (Å²) in [6, 6.07) is 3.08. The first-order valence-electron chi connectivity index (χ1n) is 5.28. The summed E-state index contributed by atoms with van der Waals surface area (Å²) < 4.78 is 50.6. The molecular weight excluding hydrogens is 234 g/mol. The van der Waals surface area contributed by atoms with Gasteiger partial charge in [-0.25, -0.2) is 4.39 Å². The zero-order valence-electron chi connectivity index (χ0n) is 8.97. The molecule has 17 heavy (non-hydrogen) atoms. The third-order valence-electron chi connectivity index (χ3n) is 2.64. The molecule has 2 rings (SSSR count). The summed E-state index contributed by atoms with van der Waals surface area (Å²) in [5, 5.41) is 0. The number of nitrogens with zero attached hydrogens (tertiary/aromatic N) is 1. The van der Waals surface area contributed by atoms with Gasteiger partial charge in [-0.1, -0.05) is 6.08 Å². The second kappa shape index (κ2) is 4.39. The highest BCUT2D eigenvalue weighted by molar-refractivity contribution is 5.52. The number of rotatable bonds is 1. The second-order valence-corrected chi connectivity index (χ2v) is 3.88. The van der Waals surface area contributed by atoms with E-state index < -0.39 is 17.6 Å². The number of alkyl halides is 3. The van der Waals surface area contributed by atoms with Crippen molar-refractivity contribution in [2.75, 3.05) is 11.4 Å². The normalized spacial score (nSPS) is 16.4. The lowest BCUT2D eigenvalue weighted by atomic mass is 10.1. The summed E-state index contributed by atoms with van der Waals surface area (Å²) in [7, 11) is 0. The molecule has 1 aliphatic rings. The SMILES string of the molecule is Fc1ccc(N2C=CCCC2)cc1C(F)(F)F. The van der Waals surface area contributed by atoms with Crippen molar-refractivity contribution in [2.45, 2.75) is 19.0 Å². The summed E-state index contributed by atoms with van der Waals surface area (Å²) >= 11 is 0. The number of anilines is 1. The van der Waals surface area contributed by atoms with E-state index in [4.69, 9.17) is 0 Å². The molecule has 0 bridgehead atoms. The molecule has 1 aromatic carbocycles. The maximum Gasteiger partial charge on any atom is 0.419 e. The van der Waals surface area contributed by atoms with E-state index in [1.807, 2.05) is 6.08 Å². The van der Waals surface area contributed by atoms with Crippen molar-refractivity contribution in [3.63, 3.8) is 0 Å². The smallest absolute Gasteiger partial charge is 0.348 e. The van der Waals surface area contributed by atoms with Crippen molar-refractivity contribution in [3.8, 4) is 0 Å². The van der Waals surface area contributed by atoms with Crippen LogP contribution in [0, 0.1) is 5.82 Å². The van der Waals surface area contributed by atoms with Gasteiger partial charge in [0.1, 0.15) is 5.82 Å². The first-order valence-corrected chi connectivity index (χ1v) is 5.28. The van der Waals surface area contributed by atoms with Crippen LogP contribution >= 0.6 is 0 Å². The number of hydrogen-bond acceptors (Lipinski definition) is 1. The topological polar surface area (TPSA) is 3.24 Å². The minimum atomic E-state index is -4.65. The van der Waals surface area contributed by atoms with Gasteiger partial charge in [0.25, 0.3) is 0 Å². The fourth-order valence-electron chi connectivity index (χ4n) is 1.78. The molecule has 1 aliphatic heterocycles. The van der Waals surface area contributed by atoms with E-state index in [2.05, 4.69) is 0 Å². The van der Waals surface area contributed by atoms with Crippen LogP contribution in [0.2, 0.25) is 0 Å². The van der Waals surface area contributed by atoms with Gasteiger partial charge in [0.05, 0.1) is 5.56 Å². The molecule has 0 saturated heterocycles. The predicted molar refractivity (Wildman–Crippen MR) is 57.1 cm³/mol. The zero-order valence-corrected chi connectivity index (χ0v) is 8.97. The van der Waals surface area contributed by atoms with Gasteiger partial charge in [-0.15, -0.1) is 0 Å². The number of hydrogen-bond donors (Lipinski definition) is 0.